The van der Waals surface area contributed by atoms with Gasteiger partial charge in [0.2, 0.25) is 0 Å². The summed E-state index contributed by atoms with van der Waals surface area (Å²) in [5, 5.41) is 5.03. The van der Waals surface area contributed by atoms with Gasteiger partial charge >= 0.3 is 0 Å². The molecule has 0 aliphatic rings. The summed E-state index contributed by atoms with van der Waals surface area (Å²) in [6, 6.07) is 5.86. The average molecular weight is 376 g/mol. The molecular formula is C14H16BrClN2OS. The number of methoxy groups -OCH3 is 1. The topological polar surface area (TPSA) is 34.2 Å². The van der Waals surface area contributed by atoms with E-state index >= 15 is 0 Å². The molecule has 2 aromatic rings. The van der Waals surface area contributed by atoms with Crippen LogP contribution in [0.15, 0.2) is 22.7 Å². The van der Waals surface area contributed by atoms with Crippen LogP contribution in [0.4, 0.5) is 0 Å². The highest BCUT2D eigenvalue weighted by Gasteiger charge is 2.13. The molecule has 108 valence electrons. The second kappa shape index (κ2) is 7.52. The van der Waals surface area contributed by atoms with Gasteiger partial charge in [-0.25, -0.2) is 4.98 Å². The molecule has 1 aromatic carbocycles. The number of ether oxygens (including phenoxy) is 1. The summed E-state index contributed by atoms with van der Waals surface area (Å²) >= 11 is 11.2. The zero-order valence-corrected chi connectivity index (χ0v) is 14.5. The molecule has 20 heavy (non-hydrogen) atoms. The lowest BCUT2D eigenvalue weighted by atomic mass is 10.2. The first-order valence-electron chi connectivity index (χ1n) is 6.29. The molecule has 0 aliphatic heterocycles. The lowest BCUT2D eigenvalue weighted by molar-refractivity contribution is 0.181. The smallest absolute Gasteiger partial charge is 0.124 e. The molecule has 6 heteroatoms. The van der Waals surface area contributed by atoms with E-state index in [9.17, 15) is 0 Å². The molecule has 0 unspecified atom stereocenters. The fraction of sp³-hybridized carbons (Fsp3) is 0.357. The summed E-state index contributed by atoms with van der Waals surface area (Å²) in [5.74, 6) is 0. The van der Waals surface area contributed by atoms with E-state index in [0.29, 0.717) is 11.6 Å². The number of nitrogens with zero attached hydrogens (tertiary/aromatic N) is 1. The highest BCUT2D eigenvalue weighted by molar-refractivity contribution is 9.10. The Labute approximate surface area is 136 Å². The van der Waals surface area contributed by atoms with Crippen molar-refractivity contribution < 1.29 is 4.74 Å². The molecule has 0 saturated heterocycles. The number of nitrogens with one attached hydrogen (secondary N) is 1. The Morgan fingerprint density at radius 2 is 2.25 bits per heavy atom. The van der Waals surface area contributed by atoms with Gasteiger partial charge in [0, 0.05) is 28.6 Å². The summed E-state index contributed by atoms with van der Waals surface area (Å²) < 4.78 is 6.11. The predicted molar refractivity (Wildman–Crippen MR) is 88.4 cm³/mol. The van der Waals surface area contributed by atoms with E-state index in [1.54, 1.807) is 18.4 Å². The second-order valence-electron chi connectivity index (χ2n) is 4.23. The van der Waals surface area contributed by atoms with Gasteiger partial charge in [-0.1, -0.05) is 24.6 Å². The van der Waals surface area contributed by atoms with Crippen molar-refractivity contribution in [3.8, 4) is 10.6 Å². The van der Waals surface area contributed by atoms with Gasteiger partial charge in [0.15, 0.2) is 0 Å². The van der Waals surface area contributed by atoms with Crippen LogP contribution in [0.1, 0.15) is 17.5 Å². The lowest BCUT2D eigenvalue weighted by Gasteiger charge is -2.00. The Morgan fingerprint density at radius 3 is 2.90 bits per heavy atom. The van der Waals surface area contributed by atoms with Crippen molar-refractivity contribution in [3.63, 3.8) is 0 Å². The summed E-state index contributed by atoms with van der Waals surface area (Å²) in [7, 11) is 1.69. The van der Waals surface area contributed by atoms with Crippen LogP contribution in [0.2, 0.25) is 5.02 Å². The van der Waals surface area contributed by atoms with Crippen LogP contribution in [0.25, 0.3) is 10.6 Å². The number of benzene rings is 1. The molecule has 3 nitrogen and oxygen atoms in total. The molecule has 1 N–H and O–H groups in total. The van der Waals surface area contributed by atoms with Crippen molar-refractivity contribution in [1.29, 1.82) is 0 Å². The molecule has 0 spiro atoms. The van der Waals surface area contributed by atoms with Gasteiger partial charge < -0.3 is 10.1 Å². The van der Waals surface area contributed by atoms with Crippen LogP contribution >= 0.6 is 38.9 Å². The molecule has 0 saturated carbocycles. The monoisotopic (exact) mass is 374 g/mol. The molecule has 0 radical (unpaired) electrons. The maximum Gasteiger partial charge on any atom is 0.124 e. The summed E-state index contributed by atoms with van der Waals surface area (Å²) in [5.41, 5.74) is 2.06. The number of thiazole rings is 1. The van der Waals surface area contributed by atoms with Crippen LogP contribution < -0.4 is 5.32 Å². The Morgan fingerprint density at radius 1 is 1.45 bits per heavy atom. The van der Waals surface area contributed by atoms with Gasteiger partial charge in [-0.05, 0) is 34.6 Å². The van der Waals surface area contributed by atoms with Gasteiger partial charge in [0.05, 0.1) is 17.3 Å². The number of rotatable bonds is 6. The normalized spacial score (nSPS) is 11.0. The minimum Gasteiger partial charge on any atom is -0.378 e. The van der Waals surface area contributed by atoms with Crippen molar-refractivity contribution in [2.45, 2.75) is 20.1 Å². The Bertz CT molecular complexity index is 589. The van der Waals surface area contributed by atoms with Crippen molar-refractivity contribution in [1.82, 2.24) is 10.3 Å². The maximum atomic E-state index is 6.03. The Kier molecular flexibility index (Phi) is 5.99. The number of hydrogen-bond donors (Lipinski definition) is 1. The number of aromatic nitrogens is 1. The minimum atomic E-state index is 0.534. The van der Waals surface area contributed by atoms with Crippen LogP contribution in [0.5, 0.6) is 0 Å². The third-order valence-corrected chi connectivity index (χ3v) is 5.12. The van der Waals surface area contributed by atoms with E-state index < -0.39 is 0 Å². The van der Waals surface area contributed by atoms with E-state index in [0.717, 1.165) is 33.8 Å². The second-order valence-corrected chi connectivity index (χ2v) is 6.58. The first-order valence-corrected chi connectivity index (χ1v) is 8.28. The lowest BCUT2D eigenvalue weighted by Crippen LogP contribution is -2.12. The first-order chi connectivity index (χ1) is 9.65. The van der Waals surface area contributed by atoms with Gasteiger partial charge in [0.1, 0.15) is 5.01 Å². The molecular weight excluding hydrogens is 360 g/mol. The zero-order chi connectivity index (χ0) is 14.5. The van der Waals surface area contributed by atoms with E-state index in [2.05, 4.69) is 33.2 Å². The van der Waals surface area contributed by atoms with Gasteiger partial charge in [0.25, 0.3) is 0 Å². The SMILES string of the molecule is CCNCc1sc(-c2ccc(Cl)c(Br)c2)nc1COC. The Balaban J connectivity index is 2.33. The molecule has 0 aliphatic carbocycles. The van der Waals surface area contributed by atoms with Crippen LogP contribution in [-0.4, -0.2) is 18.6 Å². The van der Waals surface area contributed by atoms with E-state index in [-0.39, 0.29) is 0 Å². The highest BCUT2D eigenvalue weighted by Crippen LogP contribution is 2.32. The van der Waals surface area contributed by atoms with Crippen LogP contribution in [-0.2, 0) is 17.9 Å². The third kappa shape index (κ3) is 3.80. The maximum absolute atomic E-state index is 6.03. The van der Waals surface area contributed by atoms with Crippen molar-refractivity contribution in [3.05, 3.63) is 38.3 Å². The fourth-order valence-corrected chi connectivity index (χ4v) is 3.29. The van der Waals surface area contributed by atoms with Crippen LogP contribution in [0, 0.1) is 0 Å². The summed E-state index contributed by atoms with van der Waals surface area (Å²) in [6.45, 7) is 4.38. The van der Waals surface area contributed by atoms with Crippen molar-refractivity contribution in [2.75, 3.05) is 13.7 Å². The molecule has 0 amide bonds. The summed E-state index contributed by atoms with van der Waals surface area (Å²) in [6.07, 6.45) is 0. The van der Waals surface area contributed by atoms with Gasteiger partial charge in [-0.15, -0.1) is 11.3 Å². The van der Waals surface area contributed by atoms with Crippen LogP contribution in [0.3, 0.4) is 0 Å². The van der Waals surface area contributed by atoms with Crippen molar-refractivity contribution >= 4 is 38.9 Å². The Hall–Kier alpha value is -0.460. The first kappa shape index (κ1) is 15.9. The fourth-order valence-electron chi connectivity index (χ4n) is 1.76. The number of halogens is 2. The quantitative estimate of drug-likeness (QED) is 0.808. The van der Waals surface area contributed by atoms with E-state index in [4.69, 9.17) is 16.3 Å². The average Bonchev–Trinajstić information content (AvgIpc) is 2.83. The molecule has 0 fully saturated rings. The largest absolute Gasteiger partial charge is 0.378 e. The molecule has 2 rings (SSSR count). The van der Waals surface area contributed by atoms with E-state index in [1.165, 1.54) is 4.88 Å². The minimum absolute atomic E-state index is 0.534. The molecule has 1 aromatic heterocycles. The molecule has 0 atom stereocenters. The molecule has 1 heterocycles. The summed E-state index contributed by atoms with van der Waals surface area (Å²) in [4.78, 5) is 5.90. The number of hydrogen-bond acceptors (Lipinski definition) is 4. The zero-order valence-electron chi connectivity index (χ0n) is 11.4. The molecule has 0 bridgehead atoms. The third-order valence-electron chi connectivity index (χ3n) is 2.76. The van der Waals surface area contributed by atoms with Crippen molar-refractivity contribution in [2.24, 2.45) is 0 Å². The standard InChI is InChI=1S/C14H16BrClN2OS/c1-3-17-7-13-12(8-19-2)18-14(20-13)9-4-5-11(16)10(15)6-9/h4-6,17H,3,7-8H2,1-2H3. The van der Waals surface area contributed by atoms with Gasteiger partial charge in [-0.3, -0.25) is 0 Å². The highest BCUT2D eigenvalue weighted by atomic mass is 79.9. The van der Waals surface area contributed by atoms with E-state index in [1.807, 2.05) is 18.2 Å². The van der Waals surface area contributed by atoms with Gasteiger partial charge in [-0.2, -0.15) is 0 Å². The predicted octanol–water partition coefficient (Wildman–Crippen LogP) is 4.48.